The zero-order valence-electron chi connectivity index (χ0n) is 7.76. The van der Waals surface area contributed by atoms with Gasteiger partial charge in [0.15, 0.2) is 0 Å². The Hall–Kier alpha value is -0.970. The third-order valence-corrected chi connectivity index (χ3v) is 2.57. The topological polar surface area (TPSA) is 57.5 Å². The molecule has 1 atom stereocenters. The van der Waals surface area contributed by atoms with Gasteiger partial charge in [-0.25, -0.2) is 4.79 Å². The van der Waals surface area contributed by atoms with E-state index in [9.17, 15) is 18.7 Å². The maximum absolute atomic E-state index is 13.1. The smallest absolute Gasteiger partial charge is 0.377 e. The van der Waals surface area contributed by atoms with Crippen molar-refractivity contribution >= 4 is 5.97 Å². The van der Waals surface area contributed by atoms with Crippen LogP contribution in [0.15, 0.2) is 11.6 Å². The highest BCUT2D eigenvalue weighted by molar-refractivity contribution is 5.77. The molecule has 0 saturated heterocycles. The van der Waals surface area contributed by atoms with Crippen molar-refractivity contribution in [3.05, 3.63) is 11.6 Å². The molecule has 0 radical (unpaired) electrons. The minimum Gasteiger partial charge on any atom is -0.477 e. The quantitative estimate of drug-likeness (QED) is 0.674. The van der Waals surface area contributed by atoms with Crippen molar-refractivity contribution in [1.82, 2.24) is 0 Å². The number of carboxylic acid groups (broad SMARTS) is 1. The minimum atomic E-state index is -4.08. The summed E-state index contributed by atoms with van der Waals surface area (Å²) >= 11 is 0. The molecule has 0 bridgehead atoms. The van der Waals surface area contributed by atoms with Crippen molar-refractivity contribution in [2.75, 3.05) is 0 Å². The van der Waals surface area contributed by atoms with Gasteiger partial charge in [0.2, 0.25) is 0 Å². The van der Waals surface area contributed by atoms with E-state index in [0.29, 0.717) is 6.42 Å². The van der Waals surface area contributed by atoms with Gasteiger partial charge in [-0.3, -0.25) is 0 Å². The highest BCUT2D eigenvalue weighted by Crippen LogP contribution is 2.39. The lowest BCUT2D eigenvalue weighted by Crippen LogP contribution is -2.53. The SMILES string of the molecule is CC1=CCC(O)(C(F)(F)C(=O)O)CC1. The minimum absolute atomic E-state index is 0.214. The van der Waals surface area contributed by atoms with E-state index in [2.05, 4.69) is 0 Å². The van der Waals surface area contributed by atoms with Crippen LogP contribution in [0.4, 0.5) is 8.78 Å². The Kier molecular flexibility index (Phi) is 2.63. The number of hydrogen-bond acceptors (Lipinski definition) is 2. The number of allylic oxidation sites excluding steroid dienone is 1. The van der Waals surface area contributed by atoms with Crippen LogP contribution in [0.3, 0.4) is 0 Å². The van der Waals surface area contributed by atoms with Crippen LogP contribution in [0.1, 0.15) is 26.2 Å². The van der Waals surface area contributed by atoms with E-state index in [0.717, 1.165) is 5.57 Å². The summed E-state index contributed by atoms with van der Waals surface area (Å²) in [7, 11) is 0. The summed E-state index contributed by atoms with van der Waals surface area (Å²) < 4.78 is 26.1. The van der Waals surface area contributed by atoms with Gasteiger partial charge in [-0.1, -0.05) is 11.6 Å². The summed E-state index contributed by atoms with van der Waals surface area (Å²) in [5.74, 6) is -6.35. The van der Waals surface area contributed by atoms with Crippen molar-refractivity contribution in [3.63, 3.8) is 0 Å². The van der Waals surface area contributed by atoms with E-state index in [1.807, 2.05) is 0 Å². The Morgan fingerprint density at radius 3 is 2.57 bits per heavy atom. The molecule has 0 heterocycles. The van der Waals surface area contributed by atoms with Crippen LogP contribution in [0.25, 0.3) is 0 Å². The number of halogens is 2. The molecule has 0 amide bonds. The molecule has 1 aliphatic carbocycles. The van der Waals surface area contributed by atoms with Crippen molar-refractivity contribution in [1.29, 1.82) is 0 Å². The van der Waals surface area contributed by atoms with Gasteiger partial charge in [0.05, 0.1) is 0 Å². The largest absolute Gasteiger partial charge is 0.477 e. The van der Waals surface area contributed by atoms with Gasteiger partial charge in [0, 0.05) is 6.42 Å². The summed E-state index contributed by atoms with van der Waals surface area (Å²) in [4.78, 5) is 10.3. The van der Waals surface area contributed by atoms with Crippen molar-refractivity contribution in [3.8, 4) is 0 Å². The summed E-state index contributed by atoms with van der Waals surface area (Å²) in [6.45, 7) is 1.76. The fourth-order valence-corrected chi connectivity index (χ4v) is 1.44. The van der Waals surface area contributed by atoms with Crippen LogP contribution in [0, 0.1) is 0 Å². The molecule has 0 spiro atoms. The number of carboxylic acids is 1. The first-order valence-corrected chi connectivity index (χ1v) is 4.29. The van der Waals surface area contributed by atoms with Crippen LogP contribution in [0.2, 0.25) is 0 Å². The Labute approximate surface area is 80.0 Å². The van der Waals surface area contributed by atoms with Gasteiger partial charge >= 0.3 is 11.9 Å². The lowest BCUT2D eigenvalue weighted by Gasteiger charge is -2.35. The number of aliphatic carboxylic acids is 1. The average molecular weight is 206 g/mol. The van der Waals surface area contributed by atoms with Crippen LogP contribution in [-0.4, -0.2) is 27.7 Å². The predicted octanol–water partition coefficient (Wildman–Crippen LogP) is 1.57. The van der Waals surface area contributed by atoms with E-state index in [-0.39, 0.29) is 12.8 Å². The first-order valence-electron chi connectivity index (χ1n) is 4.29. The summed E-state index contributed by atoms with van der Waals surface area (Å²) in [6, 6.07) is 0. The van der Waals surface area contributed by atoms with Crippen LogP contribution in [0.5, 0.6) is 0 Å². The van der Waals surface area contributed by atoms with Crippen molar-refractivity contribution < 1.29 is 23.8 Å². The fourth-order valence-electron chi connectivity index (χ4n) is 1.44. The zero-order chi connectivity index (χ0) is 11.0. The van der Waals surface area contributed by atoms with E-state index >= 15 is 0 Å². The predicted molar refractivity (Wildman–Crippen MR) is 45.1 cm³/mol. The molecule has 0 fully saturated rings. The first-order chi connectivity index (χ1) is 6.29. The third-order valence-electron chi connectivity index (χ3n) is 2.57. The molecule has 0 saturated carbocycles. The number of alkyl halides is 2. The number of aliphatic hydroxyl groups is 1. The van der Waals surface area contributed by atoms with Gasteiger partial charge in [-0.15, -0.1) is 0 Å². The molecule has 0 aliphatic heterocycles. The van der Waals surface area contributed by atoms with Crippen LogP contribution < -0.4 is 0 Å². The Morgan fingerprint density at radius 2 is 2.21 bits per heavy atom. The summed E-state index contributed by atoms with van der Waals surface area (Å²) in [5, 5.41) is 17.8. The molecule has 80 valence electrons. The van der Waals surface area contributed by atoms with E-state index < -0.39 is 17.5 Å². The standard InChI is InChI=1S/C9H12F2O3/c1-6-2-4-8(14,5-3-6)9(10,11)7(12)13/h2,14H,3-5H2,1H3,(H,12,13). The lowest BCUT2D eigenvalue weighted by molar-refractivity contribution is -0.210. The molecule has 14 heavy (non-hydrogen) atoms. The fraction of sp³-hybridized carbons (Fsp3) is 0.667. The van der Waals surface area contributed by atoms with Crippen molar-refractivity contribution in [2.45, 2.75) is 37.7 Å². The Balaban J connectivity index is 2.92. The van der Waals surface area contributed by atoms with Gasteiger partial charge in [-0.05, 0) is 19.8 Å². The monoisotopic (exact) mass is 206 g/mol. The maximum Gasteiger partial charge on any atom is 0.377 e. The van der Waals surface area contributed by atoms with Crippen LogP contribution >= 0.6 is 0 Å². The molecule has 3 nitrogen and oxygen atoms in total. The van der Waals surface area contributed by atoms with Gasteiger partial charge < -0.3 is 10.2 Å². The summed E-state index contributed by atoms with van der Waals surface area (Å²) in [6.07, 6.45) is 1.24. The van der Waals surface area contributed by atoms with Gasteiger partial charge in [0.25, 0.3) is 0 Å². The van der Waals surface area contributed by atoms with Crippen molar-refractivity contribution in [2.24, 2.45) is 0 Å². The lowest BCUT2D eigenvalue weighted by atomic mass is 9.81. The molecule has 1 unspecified atom stereocenters. The Morgan fingerprint density at radius 1 is 1.64 bits per heavy atom. The second-order valence-corrected chi connectivity index (χ2v) is 3.67. The highest BCUT2D eigenvalue weighted by Gasteiger charge is 2.58. The number of hydrogen-bond donors (Lipinski definition) is 2. The second kappa shape index (κ2) is 3.31. The molecule has 1 rings (SSSR count). The average Bonchev–Trinajstić information content (AvgIpc) is 2.10. The first kappa shape index (κ1) is 11.1. The van der Waals surface area contributed by atoms with E-state index in [1.54, 1.807) is 6.92 Å². The molecular formula is C9H12F2O3. The number of carbonyl (C=O) groups is 1. The van der Waals surface area contributed by atoms with E-state index in [1.165, 1.54) is 6.08 Å². The molecule has 2 N–H and O–H groups in total. The summed E-state index contributed by atoms with van der Waals surface area (Å²) in [5.41, 5.74) is -1.53. The highest BCUT2D eigenvalue weighted by atomic mass is 19.3. The van der Waals surface area contributed by atoms with Gasteiger partial charge in [-0.2, -0.15) is 8.78 Å². The second-order valence-electron chi connectivity index (χ2n) is 3.67. The molecular weight excluding hydrogens is 194 g/mol. The molecule has 0 aromatic carbocycles. The number of rotatable bonds is 2. The zero-order valence-corrected chi connectivity index (χ0v) is 7.76. The Bertz CT molecular complexity index is 286. The maximum atomic E-state index is 13.1. The van der Waals surface area contributed by atoms with Gasteiger partial charge in [0.1, 0.15) is 5.60 Å². The van der Waals surface area contributed by atoms with E-state index in [4.69, 9.17) is 5.11 Å². The molecule has 0 aromatic rings. The van der Waals surface area contributed by atoms with Crippen LogP contribution in [-0.2, 0) is 4.79 Å². The molecule has 1 aliphatic rings. The molecule has 5 heteroatoms. The normalized spacial score (nSPS) is 28.4. The molecule has 0 aromatic heterocycles. The third kappa shape index (κ3) is 1.64.